The minimum absolute atomic E-state index is 0.275. The van der Waals surface area contributed by atoms with Crippen LogP contribution in [0.5, 0.6) is 0 Å². The Balaban J connectivity index is 1.16. The number of hydrogen-bond donors (Lipinski definition) is 0. The third kappa shape index (κ3) is 10.3. The first-order valence-electron chi connectivity index (χ1n) is 21.2. The molecule has 1 heterocycles. The maximum Gasteiger partial charge on any atom is 0.335 e. The molecule has 0 aliphatic rings. The molecule has 0 saturated carbocycles. The topological polar surface area (TPSA) is 59.1 Å². The van der Waals surface area contributed by atoms with Crippen molar-refractivity contribution in [3.05, 3.63) is 211 Å². The van der Waals surface area contributed by atoms with Crippen LogP contribution in [0.3, 0.4) is 0 Å². The lowest BCUT2D eigenvalue weighted by Crippen LogP contribution is -2.10. The molecule has 0 N–H and O–H groups in total. The summed E-state index contributed by atoms with van der Waals surface area (Å²) >= 11 is 1.80. The SMILES string of the molecule is C=CC(=O)OCCc1ccc(N(c2ccc(CC)cc2)c2ccc(-c3ccc(-c4ccc(N(c5ccc(CC)cc5)c5ccc(C(=C)OC(=O)C=C)cc5)cc4C)s3)c(C)c2)cc1. The van der Waals surface area contributed by atoms with Gasteiger partial charge in [-0.2, -0.15) is 0 Å². The first-order valence-corrected chi connectivity index (χ1v) is 22.0. The van der Waals surface area contributed by atoms with Gasteiger partial charge in [-0.15, -0.1) is 11.3 Å². The van der Waals surface area contributed by atoms with Crippen molar-refractivity contribution in [2.45, 2.75) is 47.0 Å². The van der Waals surface area contributed by atoms with Crippen LogP contribution in [-0.2, 0) is 38.3 Å². The van der Waals surface area contributed by atoms with E-state index in [-0.39, 0.29) is 5.76 Å². The molecular formula is C56H52N2O4S. The third-order valence-electron chi connectivity index (χ3n) is 11.1. The van der Waals surface area contributed by atoms with Gasteiger partial charge in [0.25, 0.3) is 0 Å². The zero-order valence-corrected chi connectivity index (χ0v) is 37.2. The molecule has 0 aliphatic carbocycles. The molecule has 1 aromatic heterocycles. The van der Waals surface area contributed by atoms with Crippen LogP contribution < -0.4 is 9.80 Å². The number of carbonyl (C=O) groups excluding carboxylic acids is 2. The predicted octanol–water partition coefficient (Wildman–Crippen LogP) is 14.7. The molecule has 6 aromatic carbocycles. The molecule has 0 aliphatic heterocycles. The van der Waals surface area contributed by atoms with Gasteiger partial charge < -0.3 is 19.3 Å². The molecule has 6 nitrogen and oxygen atoms in total. The smallest absolute Gasteiger partial charge is 0.335 e. The van der Waals surface area contributed by atoms with Crippen LogP contribution in [-0.4, -0.2) is 18.5 Å². The van der Waals surface area contributed by atoms with Crippen molar-refractivity contribution in [3.63, 3.8) is 0 Å². The molecule has 0 amide bonds. The summed E-state index contributed by atoms with van der Waals surface area (Å²) in [6, 6.07) is 51.5. The zero-order valence-electron chi connectivity index (χ0n) is 36.4. The van der Waals surface area contributed by atoms with Gasteiger partial charge in [0.2, 0.25) is 0 Å². The lowest BCUT2D eigenvalue weighted by atomic mass is 10.0. The van der Waals surface area contributed by atoms with E-state index in [1.165, 1.54) is 43.6 Å². The van der Waals surface area contributed by atoms with Crippen molar-refractivity contribution in [2.75, 3.05) is 16.4 Å². The lowest BCUT2D eigenvalue weighted by molar-refractivity contribution is -0.137. The normalized spacial score (nSPS) is 10.8. The second-order valence-electron chi connectivity index (χ2n) is 15.3. The van der Waals surface area contributed by atoms with Crippen molar-refractivity contribution in [1.29, 1.82) is 0 Å². The first kappa shape index (κ1) is 43.9. The molecule has 0 atom stereocenters. The monoisotopic (exact) mass is 848 g/mol. The average molecular weight is 849 g/mol. The summed E-state index contributed by atoms with van der Waals surface area (Å²) in [7, 11) is 0. The van der Waals surface area contributed by atoms with Gasteiger partial charge in [0, 0.05) is 68.0 Å². The summed E-state index contributed by atoms with van der Waals surface area (Å²) in [6.45, 7) is 19.9. The van der Waals surface area contributed by atoms with Crippen molar-refractivity contribution >= 4 is 63.2 Å². The van der Waals surface area contributed by atoms with Crippen molar-refractivity contribution in [3.8, 4) is 20.9 Å². The number of benzene rings is 6. The van der Waals surface area contributed by atoms with Crippen LogP contribution in [0.15, 0.2) is 177 Å². The molecular weight excluding hydrogens is 797 g/mol. The molecule has 0 unspecified atom stereocenters. The summed E-state index contributed by atoms with van der Waals surface area (Å²) in [5.41, 5.74) is 15.3. The Hall–Kier alpha value is -7.22. The third-order valence-corrected chi connectivity index (χ3v) is 12.3. The Kier molecular flexibility index (Phi) is 14.0. The number of aryl methyl sites for hydroxylation is 4. The number of hydrogen-bond acceptors (Lipinski definition) is 7. The van der Waals surface area contributed by atoms with E-state index < -0.39 is 11.9 Å². The highest BCUT2D eigenvalue weighted by molar-refractivity contribution is 7.18. The quantitative estimate of drug-likeness (QED) is 0.0517. The highest BCUT2D eigenvalue weighted by Gasteiger charge is 2.18. The number of nitrogens with zero attached hydrogens (tertiary/aromatic N) is 2. The Morgan fingerprint density at radius 3 is 1.33 bits per heavy atom. The molecule has 0 bridgehead atoms. The maximum absolute atomic E-state index is 11.8. The minimum Gasteiger partial charge on any atom is -0.462 e. The van der Waals surface area contributed by atoms with Crippen molar-refractivity contribution in [1.82, 2.24) is 0 Å². The average Bonchev–Trinajstić information content (AvgIpc) is 3.80. The summed E-state index contributed by atoms with van der Waals surface area (Å²) in [5, 5.41) is 0. The largest absolute Gasteiger partial charge is 0.462 e. The second kappa shape index (κ2) is 20.1. The number of anilines is 6. The van der Waals surface area contributed by atoms with E-state index in [1.54, 1.807) is 11.3 Å². The fraction of sp³-hybridized carbons (Fsp3) is 0.143. The second-order valence-corrected chi connectivity index (χ2v) is 16.3. The van der Waals surface area contributed by atoms with Gasteiger partial charge in [-0.25, -0.2) is 9.59 Å². The number of ether oxygens (including phenoxy) is 2. The number of rotatable bonds is 17. The van der Waals surface area contributed by atoms with Gasteiger partial charge in [0.1, 0.15) is 5.76 Å². The van der Waals surface area contributed by atoms with Crippen molar-refractivity contribution in [2.24, 2.45) is 0 Å². The molecule has 63 heavy (non-hydrogen) atoms. The van der Waals surface area contributed by atoms with Crippen LogP contribution >= 0.6 is 11.3 Å². The van der Waals surface area contributed by atoms with Crippen LogP contribution in [0.2, 0.25) is 0 Å². The summed E-state index contributed by atoms with van der Waals surface area (Å²) in [6.07, 6.45) is 4.88. The highest BCUT2D eigenvalue weighted by atomic mass is 32.1. The Morgan fingerprint density at radius 1 is 0.540 bits per heavy atom. The molecule has 0 radical (unpaired) electrons. The van der Waals surface area contributed by atoms with Gasteiger partial charge in [0.05, 0.1) is 6.61 Å². The van der Waals surface area contributed by atoms with E-state index in [2.05, 4.69) is 179 Å². The maximum atomic E-state index is 11.8. The van der Waals surface area contributed by atoms with E-state index in [4.69, 9.17) is 9.47 Å². The fourth-order valence-corrected chi connectivity index (χ4v) is 8.76. The van der Waals surface area contributed by atoms with Crippen LogP contribution in [0.1, 0.15) is 47.2 Å². The summed E-state index contributed by atoms with van der Waals surface area (Å²) in [4.78, 5) is 30.3. The van der Waals surface area contributed by atoms with Crippen molar-refractivity contribution < 1.29 is 19.1 Å². The van der Waals surface area contributed by atoms with Gasteiger partial charge in [-0.3, -0.25) is 0 Å². The number of carbonyl (C=O) groups is 2. The molecule has 0 saturated heterocycles. The predicted molar refractivity (Wildman–Crippen MR) is 263 cm³/mol. The van der Waals surface area contributed by atoms with Crippen LogP contribution in [0.4, 0.5) is 34.1 Å². The van der Waals surface area contributed by atoms with E-state index in [9.17, 15) is 9.59 Å². The summed E-state index contributed by atoms with van der Waals surface area (Å²) in [5.74, 6) is -0.675. The fourth-order valence-electron chi connectivity index (χ4n) is 7.57. The van der Waals surface area contributed by atoms with E-state index in [0.717, 1.165) is 64.2 Å². The van der Waals surface area contributed by atoms with Gasteiger partial charge in [0.15, 0.2) is 0 Å². The Bertz CT molecular complexity index is 2750. The summed E-state index contributed by atoms with van der Waals surface area (Å²) < 4.78 is 10.5. The van der Waals surface area contributed by atoms with Crippen LogP contribution in [0, 0.1) is 13.8 Å². The molecule has 316 valence electrons. The van der Waals surface area contributed by atoms with E-state index >= 15 is 0 Å². The van der Waals surface area contributed by atoms with Gasteiger partial charge in [-0.1, -0.05) is 82.1 Å². The Morgan fingerprint density at radius 2 is 0.937 bits per heavy atom. The first-order chi connectivity index (χ1) is 30.6. The molecule has 0 fully saturated rings. The molecule has 7 heteroatoms. The van der Waals surface area contributed by atoms with E-state index in [0.29, 0.717) is 18.6 Å². The highest BCUT2D eigenvalue weighted by Crippen LogP contribution is 2.43. The molecule has 7 rings (SSSR count). The standard InChI is InChI=1S/C56H52N2O4S/c1-8-41-12-20-45(21-13-41)57(47-24-16-43(17-25-47)34-35-61-55(59)10-3)49-28-30-51(38(5)36-49)53-32-33-54(63-53)52-31-29-50(37-39(52)6)58(46-22-14-42(9-2)15-23-46)48-26-18-44(19-27-48)40(7)62-56(60)11-4/h10-33,36-37H,3-4,7-9,34-35H2,1-2,5-6H3. The Labute approximate surface area is 375 Å². The molecule has 0 spiro atoms. The van der Waals surface area contributed by atoms with E-state index in [1.807, 2.05) is 24.3 Å². The zero-order chi connectivity index (χ0) is 44.5. The number of esters is 2. The van der Waals surface area contributed by atoms with Gasteiger partial charge in [-0.05, 0) is 163 Å². The minimum atomic E-state index is -0.540. The lowest BCUT2D eigenvalue weighted by Gasteiger charge is -2.27. The number of thiophene rings is 1. The molecule has 7 aromatic rings. The van der Waals surface area contributed by atoms with Crippen LogP contribution in [0.25, 0.3) is 26.6 Å². The van der Waals surface area contributed by atoms with Gasteiger partial charge >= 0.3 is 11.9 Å².